The van der Waals surface area contributed by atoms with E-state index in [1.165, 1.54) is 0 Å². The summed E-state index contributed by atoms with van der Waals surface area (Å²) < 4.78 is 11.2. The number of pyridine rings is 1. The minimum atomic E-state index is 0.561. The minimum Gasteiger partial charge on any atom is -0.486 e. The highest BCUT2D eigenvalue weighted by molar-refractivity contribution is 5.61. The van der Waals surface area contributed by atoms with Gasteiger partial charge in [0, 0.05) is 50.3 Å². The van der Waals surface area contributed by atoms with Crippen LogP contribution >= 0.6 is 0 Å². The molecule has 2 aromatic heterocycles. The van der Waals surface area contributed by atoms with Gasteiger partial charge >= 0.3 is 0 Å². The first-order valence-electron chi connectivity index (χ1n) is 9.76. The molecule has 5 rings (SSSR count). The van der Waals surface area contributed by atoms with Crippen molar-refractivity contribution in [2.24, 2.45) is 0 Å². The number of rotatable bonds is 4. The normalized spacial score (nSPS) is 15.9. The molecule has 0 bridgehead atoms. The molecule has 1 saturated heterocycles. The lowest BCUT2D eigenvalue weighted by molar-refractivity contribution is 0.171. The number of piperazine rings is 1. The number of hydrogen-bond acceptors (Lipinski definition) is 8. The second-order valence-corrected chi connectivity index (χ2v) is 6.88. The molecule has 1 fully saturated rings. The molecule has 2 aliphatic rings. The van der Waals surface area contributed by atoms with Gasteiger partial charge in [-0.15, -0.1) is 0 Å². The number of ether oxygens (including phenoxy) is 2. The Hall–Kier alpha value is -3.55. The summed E-state index contributed by atoms with van der Waals surface area (Å²) in [5, 5.41) is 3.26. The molecule has 0 unspecified atom stereocenters. The molecular weight excluding hydrogens is 368 g/mol. The second-order valence-electron chi connectivity index (χ2n) is 6.88. The standard InChI is InChI=1S/C21H22N6O2/c1-2-7-22-19(3-1)26-9-11-27(12-10-26)20-6-8-23-21(25-20)24-16-4-5-17-18(15-16)29-14-13-28-17/h1-8,15H,9-14H2,(H,23,24,25). The third-order valence-corrected chi connectivity index (χ3v) is 5.02. The molecule has 1 N–H and O–H groups in total. The third kappa shape index (κ3) is 3.87. The number of aromatic nitrogens is 3. The first-order chi connectivity index (χ1) is 14.3. The summed E-state index contributed by atoms with van der Waals surface area (Å²) in [6.45, 7) is 4.73. The molecule has 3 aromatic rings. The van der Waals surface area contributed by atoms with E-state index < -0.39 is 0 Å². The lowest BCUT2D eigenvalue weighted by Gasteiger charge is -2.36. The van der Waals surface area contributed by atoms with Crippen LogP contribution in [0.25, 0.3) is 0 Å². The van der Waals surface area contributed by atoms with E-state index in [1.54, 1.807) is 6.20 Å². The van der Waals surface area contributed by atoms with Gasteiger partial charge in [0.15, 0.2) is 11.5 Å². The summed E-state index contributed by atoms with van der Waals surface area (Å²) >= 11 is 0. The van der Waals surface area contributed by atoms with Gasteiger partial charge in [-0.3, -0.25) is 0 Å². The van der Waals surface area contributed by atoms with Crippen LogP contribution < -0.4 is 24.6 Å². The fourth-order valence-corrected chi connectivity index (χ4v) is 3.54. The number of fused-ring (bicyclic) bond motifs is 1. The van der Waals surface area contributed by atoms with Gasteiger partial charge < -0.3 is 24.6 Å². The predicted octanol–water partition coefficient (Wildman–Crippen LogP) is 2.71. The van der Waals surface area contributed by atoms with Gasteiger partial charge in [-0.25, -0.2) is 9.97 Å². The summed E-state index contributed by atoms with van der Waals surface area (Å²) in [6, 6.07) is 13.7. The van der Waals surface area contributed by atoms with Gasteiger partial charge in [-0.05, 0) is 30.3 Å². The van der Waals surface area contributed by atoms with Crippen LogP contribution in [-0.4, -0.2) is 54.3 Å². The van der Waals surface area contributed by atoms with Crippen LogP contribution in [0.5, 0.6) is 11.5 Å². The summed E-state index contributed by atoms with van der Waals surface area (Å²) in [6.07, 6.45) is 3.62. The Balaban J connectivity index is 1.26. The van der Waals surface area contributed by atoms with E-state index in [4.69, 9.17) is 14.5 Å². The first kappa shape index (κ1) is 17.5. The fraction of sp³-hybridized carbons (Fsp3) is 0.286. The molecular formula is C21H22N6O2. The van der Waals surface area contributed by atoms with Crippen molar-refractivity contribution in [3.8, 4) is 11.5 Å². The van der Waals surface area contributed by atoms with E-state index in [0.717, 1.165) is 55.0 Å². The lowest BCUT2D eigenvalue weighted by Crippen LogP contribution is -2.47. The van der Waals surface area contributed by atoms with Crippen LogP contribution in [0.1, 0.15) is 0 Å². The van der Waals surface area contributed by atoms with Crippen LogP contribution in [0.3, 0.4) is 0 Å². The molecule has 148 valence electrons. The number of nitrogens with zero attached hydrogens (tertiary/aromatic N) is 5. The molecule has 8 heteroatoms. The maximum atomic E-state index is 5.64. The topological polar surface area (TPSA) is 75.6 Å². The third-order valence-electron chi connectivity index (χ3n) is 5.02. The van der Waals surface area contributed by atoms with E-state index in [9.17, 15) is 0 Å². The Morgan fingerprint density at radius 3 is 2.34 bits per heavy atom. The van der Waals surface area contributed by atoms with Crippen molar-refractivity contribution in [2.45, 2.75) is 0 Å². The molecule has 8 nitrogen and oxygen atoms in total. The van der Waals surface area contributed by atoms with Crippen molar-refractivity contribution >= 4 is 23.3 Å². The fourth-order valence-electron chi connectivity index (χ4n) is 3.54. The highest BCUT2D eigenvalue weighted by Crippen LogP contribution is 2.33. The van der Waals surface area contributed by atoms with Gasteiger partial charge in [-0.1, -0.05) is 6.07 Å². The van der Waals surface area contributed by atoms with E-state index in [-0.39, 0.29) is 0 Å². The average Bonchev–Trinajstić information content (AvgIpc) is 2.80. The molecule has 29 heavy (non-hydrogen) atoms. The lowest BCUT2D eigenvalue weighted by atomic mass is 10.2. The minimum absolute atomic E-state index is 0.561. The summed E-state index contributed by atoms with van der Waals surface area (Å²) in [5.41, 5.74) is 0.867. The molecule has 4 heterocycles. The van der Waals surface area contributed by atoms with Crippen molar-refractivity contribution in [3.63, 3.8) is 0 Å². The predicted molar refractivity (Wildman–Crippen MR) is 111 cm³/mol. The number of nitrogens with one attached hydrogen (secondary N) is 1. The second kappa shape index (κ2) is 7.83. The summed E-state index contributed by atoms with van der Waals surface area (Å²) in [7, 11) is 0. The Bertz CT molecular complexity index is 976. The van der Waals surface area contributed by atoms with E-state index >= 15 is 0 Å². The monoisotopic (exact) mass is 390 g/mol. The number of anilines is 4. The average molecular weight is 390 g/mol. The van der Waals surface area contributed by atoms with Gasteiger partial charge in [0.1, 0.15) is 24.8 Å². The van der Waals surface area contributed by atoms with Crippen LogP contribution in [-0.2, 0) is 0 Å². The number of hydrogen-bond donors (Lipinski definition) is 1. The van der Waals surface area contributed by atoms with Gasteiger partial charge in [-0.2, -0.15) is 4.98 Å². The molecule has 0 spiro atoms. The quantitative estimate of drug-likeness (QED) is 0.729. The van der Waals surface area contributed by atoms with Crippen molar-refractivity contribution < 1.29 is 9.47 Å². The highest BCUT2D eigenvalue weighted by atomic mass is 16.6. The Morgan fingerprint density at radius 2 is 1.55 bits per heavy atom. The maximum absolute atomic E-state index is 5.64. The number of benzene rings is 1. The van der Waals surface area contributed by atoms with Gasteiger partial charge in [0.2, 0.25) is 5.95 Å². The van der Waals surface area contributed by atoms with Crippen LogP contribution in [0, 0.1) is 0 Å². The maximum Gasteiger partial charge on any atom is 0.229 e. The van der Waals surface area contributed by atoms with Crippen molar-refractivity contribution in [1.29, 1.82) is 0 Å². The smallest absolute Gasteiger partial charge is 0.229 e. The molecule has 0 amide bonds. The van der Waals surface area contributed by atoms with Crippen molar-refractivity contribution in [2.75, 3.05) is 54.5 Å². The highest BCUT2D eigenvalue weighted by Gasteiger charge is 2.19. The van der Waals surface area contributed by atoms with Crippen LogP contribution in [0.2, 0.25) is 0 Å². The Labute approximate surface area is 169 Å². The van der Waals surface area contributed by atoms with Crippen molar-refractivity contribution in [3.05, 3.63) is 54.9 Å². The zero-order valence-electron chi connectivity index (χ0n) is 16.0. The zero-order chi connectivity index (χ0) is 19.5. The molecule has 1 aromatic carbocycles. The molecule has 0 atom stereocenters. The Kier molecular flexibility index (Phi) is 4.73. The Morgan fingerprint density at radius 1 is 0.759 bits per heavy atom. The SMILES string of the molecule is c1ccc(N2CCN(c3ccnc(Nc4ccc5c(c4)OCCO5)n3)CC2)nc1. The molecule has 2 aliphatic heterocycles. The van der Waals surface area contributed by atoms with Crippen LogP contribution in [0.15, 0.2) is 54.9 Å². The summed E-state index contributed by atoms with van der Waals surface area (Å²) in [4.78, 5) is 18.1. The van der Waals surface area contributed by atoms with Gasteiger partial charge in [0.25, 0.3) is 0 Å². The van der Waals surface area contributed by atoms with Gasteiger partial charge in [0.05, 0.1) is 0 Å². The largest absolute Gasteiger partial charge is 0.486 e. The zero-order valence-corrected chi connectivity index (χ0v) is 16.0. The van der Waals surface area contributed by atoms with E-state index in [1.807, 2.05) is 42.6 Å². The molecule has 0 saturated carbocycles. The summed E-state index contributed by atoms with van der Waals surface area (Å²) in [5.74, 6) is 4.01. The van der Waals surface area contributed by atoms with E-state index in [0.29, 0.717) is 19.2 Å². The molecule has 0 aliphatic carbocycles. The van der Waals surface area contributed by atoms with E-state index in [2.05, 4.69) is 31.2 Å². The molecule has 0 radical (unpaired) electrons. The van der Waals surface area contributed by atoms with Crippen molar-refractivity contribution in [1.82, 2.24) is 15.0 Å². The first-order valence-corrected chi connectivity index (χ1v) is 9.76. The van der Waals surface area contributed by atoms with Crippen LogP contribution in [0.4, 0.5) is 23.3 Å².